The van der Waals surface area contributed by atoms with Crippen molar-refractivity contribution in [3.05, 3.63) is 42.4 Å². The van der Waals surface area contributed by atoms with Crippen LogP contribution in [-0.2, 0) is 11.3 Å². The van der Waals surface area contributed by atoms with Gasteiger partial charge in [-0.25, -0.2) is 4.98 Å². The normalized spacial score (nSPS) is 17.1. The Balaban J connectivity index is 1.81. The van der Waals surface area contributed by atoms with Crippen molar-refractivity contribution in [2.75, 3.05) is 13.6 Å². The Morgan fingerprint density at radius 1 is 1.38 bits per heavy atom. The number of carbonyl (C=O) groups excluding carboxylic acids is 1. The molecule has 1 N–H and O–H groups in total. The van der Waals surface area contributed by atoms with Gasteiger partial charge in [0.25, 0.3) is 0 Å². The minimum absolute atomic E-state index is 0.0320. The van der Waals surface area contributed by atoms with E-state index in [1.54, 1.807) is 0 Å². The Labute approximate surface area is 143 Å². The molecule has 1 aromatic heterocycles. The molecule has 0 bridgehead atoms. The molecule has 5 nitrogen and oxygen atoms in total. The van der Waals surface area contributed by atoms with Crippen LogP contribution >= 0.6 is 0 Å². The molecule has 0 spiro atoms. The van der Waals surface area contributed by atoms with E-state index in [0.717, 1.165) is 36.3 Å². The summed E-state index contributed by atoms with van der Waals surface area (Å²) in [5.41, 5.74) is 3.22. The highest BCUT2D eigenvalue weighted by Crippen LogP contribution is 2.33. The Kier molecular flexibility index (Phi) is 5.00. The smallest absolute Gasteiger partial charge is 0.234 e. The zero-order chi connectivity index (χ0) is 17.1. The minimum atomic E-state index is 0.0320. The molecule has 0 aliphatic carbocycles. The summed E-state index contributed by atoms with van der Waals surface area (Å²) in [6, 6.07) is 10.6. The zero-order valence-electron chi connectivity index (χ0n) is 14.7. The van der Waals surface area contributed by atoms with Crippen LogP contribution in [0.2, 0.25) is 0 Å². The van der Waals surface area contributed by atoms with Crippen LogP contribution in [0, 0.1) is 0 Å². The van der Waals surface area contributed by atoms with E-state index in [4.69, 9.17) is 0 Å². The molecule has 1 aromatic carbocycles. The lowest BCUT2D eigenvalue weighted by Gasteiger charge is -2.28. The minimum Gasteiger partial charge on any atom is -0.347 e. The lowest BCUT2D eigenvalue weighted by molar-refractivity contribution is -0.123. The third-order valence-corrected chi connectivity index (χ3v) is 4.76. The molecular weight excluding hydrogens is 300 g/mol. The summed E-state index contributed by atoms with van der Waals surface area (Å²) in [5.74, 6) is 0.0739. The second-order valence-corrected chi connectivity index (χ2v) is 6.81. The summed E-state index contributed by atoms with van der Waals surface area (Å²) >= 11 is 0. The summed E-state index contributed by atoms with van der Waals surface area (Å²) in [6.45, 7) is 5.57. The number of fused-ring (bicyclic) bond motifs is 1. The third-order valence-electron chi connectivity index (χ3n) is 4.76. The van der Waals surface area contributed by atoms with Crippen LogP contribution in [0.5, 0.6) is 0 Å². The van der Waals surface area contributed by atoms with Crippen molar-refractivity contribution in [2.24, 2.45) is 0 Å². The lowest BCUT2D eigenvalue weighted by Crippen LogP contribution is -2.41. The number of aryl methyl sites for hydroxylation is 1. The number of amides is 1. The van der Waals surface area contributed by atoms with Crippen molar-refractivity contribution in [3.8, 4) is 11.3 Å². The number of aromatic nitrogens is 2. The predicted octanol–water partition coefficient (Wildman–Crippen LogP) is 2.84. The highest BCUT2D eigenvalue weighted by Gasteiger charge is 2.27. The highest BCUT2D eigenvalue weighted by atomic mass is 16.2. The van der Waals surface area contributed by atoms with Gasteiger partial charge in [0.15, 0.2) is 0 Å². The van der Waals surface area contributed by atoms with E-state index in [-0.39, 0.29) is 11.9 Å². The molecule has 1 amide bonds. The molecule has 0 fully saturated rings. The Morgan fingerprint density at radius 3 is 2.83 bits per heavy atom. The predicted molar refractivity (Wildman–Crippen MR) is 95.5 cm³/mol. The van der Waals surface area contributed by atoms with E-state index >= 15 is 0 Å². The topological polar surface area (TPSA) is 50.2 Å². The number of carbonyl (C=O) groups is 1. The molecule has 0 radical (unpaired) electrons. The number of benzene rings is 1. The Morgan fingerprint density at radius 2 is 2.12 bits per heavy atom. The van der Waals surface area contributed by atoms with E-state index in [2.05, 4.69) is 40.8 Å². The van der Waals surface area contributed by atoms with E-state index in [0.29, 0.717) is 12.6 Å². The monoisotopic (exact) mass is 326 g/mol. The van der Waals surface area contributed by atoms with E-state index < -0.39 is 0 Å². The zero-order valence-corrected chi connectivity index (χ0v) is 14.7. The highest BCUT2D eigenvalue weighted by molar-refractivity contribution is 5.79. The molecule has 24 heavy (non-hydrogen) atoms. The van der Waals surface area contributed by atoms with Crippen LogP contribution in [0.3, 0.4) is 0 Å². The van der Waals surface area contributed by atoms with Crippen molar-refractivity contribution in [2.45, 2.75) is 45.3 Å². The van der Waals surface area contributed by atoms with E-state index in [1.165, 1.54) is 0 Å². The van der Waals surface area contributed by atoms with Gasteiger partial charge in [-0.1, -0.05) is 30.3 Å². The largest absolute Gasteiger partial charge is 0.347 e. The quantitative estimate of drug-likeness (QED) is 0.919. The fourth-order valence-corrected chi connectivity index (χ4v) is 3.15. The van der Waals surface area contributed by atoms with E-state index in [1.807, 2.05) is 36.5 Å². The molecule has 1 aliphatic rings. The van der Waals surface area contributed by atoms with Gasteiger partial charge in [-0.3, -0.25) is 9.69 Å². The maximum absolute atomic E-state index is 12.4. The van der Waals surface area contributed by atoms with Gasteiger partial charge in [0.05, 0.1) is 30.3 Å². The molecule has 0 saturated heterocycles. The van der Waals surface area contributed by atoms with Gasteiger partial charge in [-0.05, 0) is 33.7 Å². The maximum Gasteiger partial charge on any atom is 0.234 e. The van der Waals surface area contributed by atoms with Gasteiger partial charge in [0.1, 0.15) is 0 Å². The van der Waals surface area contributed by atoms with Crippen molar-refractivity contribution in [1.29, 1.82) is 0 Å². The molecule has 1 aliphatic heterocycles. The van der Waals surface area contributed by atoms with Gasteiger partial charge >= 0.3 is 0 Å². The van der Waals surface area contributed by atoms with Crippen LogP contribution in [0.4, 0.5) is 0 Å². The third kappa shape index (κ3) is 3.51. The van der Waals surface area contributed by atoms with Crippen LogP contribution in [0.1, 0.15) is 38.4 Å². The summed E-state index contributed by atoms with van der Waals surface area (Å²) in [4.78, 5) is 19.1. The van der Waals surface area contributed by atoms with Gasteiger partial charge in [0.2, 0.25) is 5.91 Å². The first-order chi connectivity index (χ1) is 11.6. The number of hydrogen-bond donors (Lipinski definition) is 1. The Bertz CT molecular complexity index is 693. The van der Waals surface area contributed by atoms with E-state index in [9.17, 15) is 4.79 Å². The summed E-state index contributed by atoms with van der Waals surface area (Å²) in [5, 5.41) is 3.22. The number of rotatable bonds is 5. The number of hydrogen-bond acceptors (Lipinski definition) is 3. The van der Waals surface area contributed by atoms with Crippen LogP contribution < -0.4 is 5.32 Å². The number of likely N-dealkylation sites (N-methyl/N-ethyl adjacent to an activating group) is 1. The molecule has 5 heteroatoms. The molecule has 3 rings (SSSR count). The molecule has 1 atom stereocenters. The number of nitrogens with one attached hydrogen (secondary N) is 1. The van der Waals surface area contributed by atoms with Gasteiger partial charge in [-0.2, -0.15) is 0 Å². The molecule has 0 saturated carbocycles. The average Bonchev–Trinajstić information content (AvgIpc) is 3.00. The van der Waals surface area contributed by atoms with Gasteiger partial charge in [0, 0.05) is 18.2 Å². The molecular formula is C19H26N4O. The molecule has 2 heterocycles. The molecule has 2 aromatic rings. The van der Waals surface area contributed by atoms with Crippen molar-refractivity contribution in [3.63, 3.8) is 0 Å². The van der Waals surface area contributed by atoms with Crippen molar-refractivity contribution >= 4 is 5.91 Å². The van der Waals surface area contributed by atoms with Crippen LogP contribution in [0.25, 0.3) is 11.3 Å². The number of nitrogens with zero attached hydrogens (tertiary/aromatic N) is 3. The fraction of sp³-hybridized carbons (Fsp3) is 0.474. The molecule has 1 unspecified atom stereocenters. The number of imidazole rings is 1. The fourth-order valence-electron chi connectivity index (χ4n) is 3.15. The maximum atomic E-state index is 12.4. The first-order valence-electron chi connectivity index (χ1n) is 8.66. The van der Waals surface area contributed by atoms with Gasteiger partial charge < -0.3 is 9.88 Å². The Hall–Kier alpha value is -2.14. The lowest BCUT2D eigenvalue weighted by atomic mass is 9.99. The standard InChI is InChI=1S/C19H26N4O/c1-14(2)22(3)12-17(24)21-16-10-7-11-23-13-20-18(19(16)23)15-8-5-4-6-9-15/h4-6,8-9,13-14,16H,7,10-12H2,1-3H3,(H,21,24). The second kappa shape index (κ2) is 7.18. The summed E-state index contributed by atoms with van der Waals surface area (Å²) in [7, 11) is 1.98. The second-order valence-electron chi connectivity index (χ2n) is 6.81. The van der Waals surface area contributed by atoms with Crippen molar-refractivity contribution in [1.82, 2.24) is 19.8 Å². The first kappa shape index (κ1) is 16.7. The summed E-state index contributed by atoms with van der Waals surface area (Å²) < 4.78 is 2.18. The average molecular weight is 326 g/mol. The van der Waals surface area contributed by atoms with Gasteiger partial charge in [-0.15, -0.1) is 0 Å². The SMILES string of the molecule is CC(C)N(C)CC(=O)NC1CCCn2cnc(-c3ccccc3)c21. The first-order valence-corrected chi connectivity index (χ1v) is 8.66. The van der Waals surface area contributed by atoms with Crippen LogP contribution in [-0.4, -0.2) is 40.0 Å². The molecule has 128 valence electrons. The van der Waals surface area contributed by atoms with Crippen molar-refractivity contribution < 1.29 is 4.79 Å². The summed E-state index contributed by atoms with van der Waals surface area (Å²) in [6.07, 6.45) is 3.92. The van der Waals surface area contributed by atoms with Crippen LogP contribution in [0.15, 0.2) is 36.7 Å².